The molecule has 1 amide bonds. The summed E-state index contributed by atoms with van der Waals surface area (Å²) in [6.45, 7) is 3.72. The Kier molecular flexibility index (Phi) is 5.11. The third kappa shape index (κ3) is 3.83. The number of oxazole rings is 1. The molecule has 6 nitrogen and oxygen atoms in total. The predicted octanol–water partition coefficient (Wildman–Crippen LogP) is 0.585. The first-order valence-electron chi connectivity index (χ1n) is 5.71. The molecule has 0 saturated carbocycles. The molecule has 1 aromatic heterocycles. The monoisotopic (exact) mass is 241 g/mol. The first-order chi connectivity index (χ1) is 8.08. The molecule has 0 spiro atoms. The highest BCUT2D eigenvalue weighted by Gasteiger charge is 2.17. The average molecular weight is 241 g/mol. The van der Waals surface area contributed by atoms with Gasteiger partial charge in [0, 0.05) is 6.04 Å². The van der Waals surface area contributed by atoms with Gasteiger partial charge in [0.1, 0.15) is 12.3 Å². The molecular formula is C11H19N3O3. The van der Waals surface area contributed by atoms with Gasteiger partial charge in [-0.1, -0.05) is 13.3 Å². The van der Waals surface area contributed by atoms with Crippen LogP contribution in [0.5, 0.6) is 0 Å². The van der Waals surface area contributed by atoms with E-state index in [1.807, 2.05) is 6.92 Å². The van der Waals surface area contributed by atoms with Gasteiger partial charge in [-0.05, 0) is 13.3 Å². The second-order valence-electron chi connectivity index (χ2n) is 4.02. The summed E-state index contributed by atoms with van der Waals surface area (Å²) < 4.78 is 5.02. The summed E-state index contributed by atoms with van der Waals surface area (Å²) in [4.78, 5) is 15.6. The van der Waals surface area contributed by atoms with Crippen LogP contribution >= 0.6 is 0 Å². The van der Waals surface area contributed by atoms with Crippen LogP contribution in [0.3, 0.4) is 0 Å². The van der Waals surface area contributed by atoms with Crippen molar-refractivity contribution in [1.29, 1.82) is 0 Å². The van der Waals surface area contributed by atoms with Crippen molar-refractivity contribution in [3.05, 3.63) is 17.8 Å². The van der Waals surface area contributed by atoms with Gasteiger partial charge in [0.05, 0.1) is 6.61 Å². The lowest BCUT2D eigenvalue weighted by molar-refractivity contribution is 0.0933. The Labute approximate surface area is 100 Å². The number of hydrogen-bond donors (Lipinski definition) is 3. The molecule has 0 aliphatic carbocycles. The van der Waals surface area contributed by atoms with Crippen LogP contribution in [0.1, 0.15) is 49.1 Å². The van der Waals surface area contributed by atoms with Crippen LogP contribution in [0.2, 0.25) is 0 Å². The quantitative estimate of drug-likeness (QED) is 0.676. The molecule has 96 valence electrons. The van der Waals surface area contributed by atoms with Gasteiger partial charge in [-0.15, -0.1) is 0 Å². The summed E-state index contributed by atoms with van der Waals surface area (Å²) >= 11 is 0. The minimum Gasteiger partial charge on any atom is -0.446 e. The smallest absolute Gasteiger partial charge is 0.273 e. The molecule has 0 aliphatic heterocycles. The number of carbonyl (C=O) groups excluding carboxylic acids is 1. The van der Waals surface area contributed by atoms with Gasteiger partial charge < -0.3 is 20.6 Å². The zero-order valence-electron chi connectivity index (χ0n) is 10.1. The maximum absolute atomic E-state index is 11.7. The van der Waals surface area contributed by atoms with E-state index in [-0.39, 0.29) is 30.1 Å². The molecule has 2 atom stereocenters. The van der Waals surface area contributed by atoms with Crippen molar-refractivity contribution in [2.45, 2.75) is 38.8 Å². The maximum atomic E-state index is 11.7. The fourth-order valence-electron chi connectivity index (χ4n) is 1.44. The highest BCUT2D eigenvalue weighted by atomic mass is 16.3. The minimum absolute atomic E-state index is 0.0964. The molecule has 1 rings (SSSR count). The van der Waals surface area contributed by atoms with Gasteiger partial charge in [-0.25, -0.2) is 4.98 Å². The fourth-order valence-corrected chi connectivity index (χ4v) is 1.44. The molecule has 2 unspecified atom stereocenters. The number of nitrogens with two attached hydrogens (primary N) is 1. The SMILES string of the molecule is CCCC(C)NC(=O)c1coc(C(N)CO)n1. The first kappa shape index (κ1) is 13.7. The van der Waals surface area contributed by atoms with Gasteiger partial charge in [-0.2, -0.15) is 0 Å². The van der Waals surface area contributed by atoms with Crippen molar-refractivity contribution in [2.24, 2.45) is 5.73 Å². The lowest BCUT2D eigenvalue weighted by atomic mass is 10.2. The summed E-state index contributed by atoms with van der Waals surface area (Å²) in [6.07, 6.45) is 3.16. The average Bonchev–Trinajstić information content (AvgIpc) is 2.77. The van der Waals surface area contributed by atoms with Crippen molar-refractivity contribution in [3.8, 4) is 0 Å². The van der Waals surface area contributed by atoms with Gasteiger partial charge in [-0.3, -0.25) is 4.79 Å². The van der Waals surface area contributed by atoms with Crippen molar-refractivity contribution >= 4 is 5.91 Å². The second kappa shape index (κ2) is 6.36. The van der Waals surface area contributed by atoms with E-state index in [0.717, 1.165) is 12.8 Å². The van der Waals surface area contributed by atoms with Gasteiger partial charge in [0.25, 0.3) is 5.91 Å². The van der Waals surface area contributed by atoms with Crippen LogP contribution in [-0.4, -0.2) is 28.6 Å². The number of nitrogens with one attached hydrogen (secondary N) is 1. The Balaban J connectivity index is 2.60. The molecule has 4 N–H and O–H groups in total. The number of amides is 1. The van der Waals surface area contributed by atoms with Crippen LogP contribution in [0.4, 0.5) is 0 Å². The largest absolute Gasteiger partial charge is 0.446 e. The number of hydrogen-bond acceptors (Lipinski definition) is 5. The zero-order valence-corrected chi connectivity index (χ0v) is 10.1. The van der Waals surface area contributed by atoms with E-state index in [1.165, 1.54) is 6.26 Å². The first-order valence-corrected chi connectivity index (χ1v) is 5.71. The lowest BCUT2D eigenvalue weighted by Gasteiger charge is -2.10. The molecule has 0 fully saturated rings. The third-order valence-corrected chi connectivity index (χ3v) is 2.37. The topological polar surface area (TPSA) is 101 Å². The molecule has 0 radical (unpaired) electrons. The maximum Gasteiger partial charge on any atom is 0.273 e. The number of aliphatic hydroxyl groups excluding tert-OH is 1. The molecule has 17 heavy (non-hydrogen) atoms. The second-order valence-corrected chi connectivity index (χ2v) is 4.02. The minimum atomic E-state index is -0.690. The summed E-state index contributed by atoms with van der Waals surface area (Å²) in [7, 11) is 0. The normalized spacial score (nSPS) is 14.4. The fraction of sp³-hybridized carbons (Fsp3) is 0.636. The van der Waals surface area contributed by atoms with Crippen LogP contribution in [0.25, 0.3) is 0 Å². The molecule has 0 aromatic carbocycles. The van der Waals surface area contributed by atoms with Crippen LogP contribution in [0.15, 0.2) is 10.7 Å². The summed E-state index contributed by atoms with van der Waals surface area (Å²) in [6, 6.07) is -0.594. The van der Waals surface area contributed by atoms with Crippen LogP contribution in [-0.2, 0) is 0 Å². The van der Waals surface area contributed by atoms with Crippen molar-refractivity contribution < 1.29 is 14.3 Å². The number of aromatic nitrogens is 1. The number of aliphatic hydroxyl groups is 1. The van der Waals surface area contributed by atoms with Crippen molar-refractivity contribution in [2.75, 3.05) is 6.61 Å². The van der Waals surface area contributed by atoms with Gasteiger partial charge in [0.15, 0.2) is 5.69 Å². The number of nitrogens with zero attached hydrogens (tertiary/aromatic N) is 1. The molecular weight excluding hydrogens is 222 g/mol. The molecule has 0 bridgehead atoms. The Morgan fingerprint density at radius 2 is 2.41 bits per heavy atom. The molecule has 1 heterocycles. The van der Waals surface area contributed by atoms with E-state index < -0.39 is 6.04 Å². The van der Waals surface area contributed by atoms with E-state index in [0.29, 0.717) is 0 Å². The van der Waals surface area contributed by atoms with E-state index >= 15 is 0 Å². The number of rotatable bonds is 6. The van der Waals surface area contributed by atoms with Crippen LogP contribution < -0.4 is 11.1 Å². The predicted molar refractivity (Wildman–Crippen MR) is 62.4 cm³/mol. The van der Waals surface area contributed by atoms with E-state index in [1.54, 1.807) is 0 Å². The van der Waals surface area contributed by atoms with E-state index in [9.17, 15) is 4.79 Å². The highest BCUT2D eigenvalue weighted by molar-refractivity contribution is 5.92. The summed E-state index contributed by atoms with van der Waals surface area (Å²) in [5, 5.41) is 11.6. The number of carbonyl (C=O) groups is 1. The standard InChI is InChI=1S/C11H19N3O3/c1-3-4-7(2)13-10(16)9-6-17-11(14-9)8(12)5-15/h6-8,15H,3-5,12H2,1-2H3,(H,13,16). The van der Waals surface area contributed by atoms with Gasteiger partial charge >= 0.3 is 0 Å². The summed E-state index contributed by atoms with van der Waals surface area (Å²) in [5.41, 5.74) is 5.71. The Hall–Kier alpha value is -1.40. The molecule has 0 saturated heterocycles. The van der Waals surface area contributed by atoms with Crippen molar-refractivity contribution in [1.82, 2.24) is 10.3 Å². The van der Waals surface area contributed by atoms with E-state index in [4.69, 9.17) is 15.3 Å². The Bertz CT molecular complexity index is 365. The highest BCUT2D eigenvalue weighted by Crippen LogP contribution is 2.09. The van der Waals surface area contributed by atoms with Crippen LogP contribution in [0, 0.1) is 0 Å². The van der Waals surface area contributed by atoms with E-state index in [2.05, 4.69) is 17.2 Å². The van der Waals surface area contributed by atoms with Crippen molar-refractivity contribution in [3.63, 3.8) is 0 Å². The Morgan fingerprint density at radius 1 is 1.71 bits per heavy atom. The molecule has 6 heteroatoms. The molecule has 0 aliphatic rings. The van der Waals surface area contributed by atoms with Gasteiger partial charge in [0.2, 0.25) is 5.89 Å². The summed E-state index contributed by atoms with van der Waals surface area (Å²) in [5.74, 6) is -0.119. The third-order valence-electron chi connectivity index (χ3n) is 2.37. The molecule has 1 aromatic rings. The Morgan fingerprint density at radius 3 is 3.00 bits per heavy atom. The lowest BCUT2D eigenvalue weighted by Crippen LogP contribution is -2.32. The zero-order chi connectivity index (χ0) is 12.8.